The summed E-state index contributed by atoms with van der Waals surface area (Å²) in [6.07, 6.45) is 0. The molecule has 0 amide bonds. The van der Waals surface area contributed by atoms with E-state index in [0.29, 0.717) is 5.56 Å². The summed E-state index contributed by atoms with van der Waals surface area (Å²) in [5.41, 5.74) is 8.04. The van der Waals surface area contributed by atoms with Gasteiger partial charge in [-0.2, -0.15) is 0 Å². The predicted octanol–water partition coefficient (Wildman–Crippen LogP) is 13.0. The fourth-order valence-corrected chi connectivity index (χ4v) is 8.69. The first kappa shape index (κ1) is 23.3. The molecule has 10 aromatic rings. The average molecular weight is 648 g/mol. The van der Waals surface area contributed by atoms with Gasteiger partial charge in [-0.15, -0.1) is 11.3 Å². The molecule has 2 heterocycles. The van der Waals surface area contributed by atoms with Gasteiger partial charge in [0, 0.05) is 25.9 Å². The normalized spacial score (nSPS) is 13.2. The number of hydrogen-bond acceptors (Lipinski definition) is 2. The molecule has 0 saturated heterocycles. The van der Waals surface area contributed by atoms with Gasteiger partial charge in [0.25, 0.3) is 0 Å². The van der Waals surface area contributed by atoms with Gasteiger partial charge < -0.3 is 0 Å². The summed E-state index contributed by atoms with van der Waals surface area (Å²) in [7, 11) is 0. The summed E-state index contributed by atoms with van der Waals surface area (Å²) < 4.78 is 47.4. The van der Waals surface area contributed by atoms with Crippen LogP contribution >= 0.6 is 11.3 Å². The van der Waals surface area contributed by atoms with Gasteiger partial charge in [-0.25, -0.2) is 4.98 Å². The Morgan fingerprint density at radius 2 is 1.22 bits per heavy atom. The summed E-state index contributed by atoms with van der Waals surface area (Å²) in [5, 5.41) is 6.49. The van der Waals surface area contributed by atoms with Gasteiger partial charge in [0.15, 0.2) is 0 Å². The molecule has 0 spiro atoms. The SMILES string of the molecule is [2H]c1c([2H])c([2H])c(-c2ccc3c(-c4ccc(-n5c(C)nc6ccccc65)cc4)c4ccccc4c(-c4cccc5sc6ccccc6c45)c3c2)c([2H])c1[2H]. The highest BCUT2D eigenvalue weighted by atomic mass is 32.1. The Kier molecular flexibility index (Phi) is 5.24. The molecule has 0 unspecified atom stereocenters. The van der Waals surface area contributed by atoms with Crippen LogP contribution in [-0.2, 0) is 0 Å². The molecule has 230 valence electrons. The van der Waals surface area contributed by atoms with Gasteiger partial charge >= 0.3 is 0 Å². The predicted molar refractivity (Wildman–Crippen MR) is 210 cm³/mol. The lowest BCUT2D eigenvalue weighted by Gasteiger charge is -2.19. The van der Waals surface area contributed by atoms with Crippen LogP contribution in [0, 0.1) is 6.92 Å². The molecule has 3 heteroatoms. The van der Waals surface area contributed by atoms with Crippen LogP contribution in [0.2, 0.25) is 0 Å². The monoisotopic (exact) mass is 647 g/mol. The second-order valence-electron chi connectivity index (χ2n) is 12.4. The number of nitrogens with zero attached hydrogens (tertiary/aromatic N) is 2. The van der Waals surface area contributed by atoms with E-state index in [1.807, 2.05) is 37.3 Å². The summed E-state index contributed by atoms with van der Waals surface area (Å²) in [4.78, 5) is 4.79. The van der Waals surface area contributed by atoms with E-state index in [9.17, 15) is 0 Å². The lowest BCUT2D eigenvalue weighted by atomic mass is 9.84. The zero-order valence-corrected chi connectivity index (χ0v) is 27.3. The Bertz CT molecular complexity index is 3150. The van der Waals surface area contributed by atoms with E-state index < -0.39 is 6.04 Å². The molecule has 0 saturated carbocycles. The number of aryl methyl sites for hydroxylation is 1. The quantitative estimate of drug-likeness (QED) is 0.174. The first-order chi connectivity index (χ1) is 26.3. The molecular formula is C46H30N2S. The van der Waals surface area contributed by atoms with Gasteiger partial charge in [0.2, 0.25) is 0 Å². The number of benzene rings is 8. The van der Waals surface area contributed by atoms with Crippen molar-refractivity contribution in [1.29, 1.82) is 0 Å². The van der Waals surface area contributed by atoms with E-state index in [4.69, 9.17) is 11.8 Å². The fraction of sp³-hybridized carbons (Fsp3) is 0.0217. The summed E-state index contributed by atoms with van der Waals surface area (Å²) in [6, 6.07) is 44.7. The number of imidazole rings is 1. The van der Waals surface area contributed by atoms with Crippen molar-refractivity contribution in [2.45, 2.75) is 6.92 Å². The van der Waals surface area contributed by atoms with Crippen molar-refractivity contribution in [2.24, 2.45) is 0 Å². The molecule has 0 aliphatic heterocycles. The molecule has 0 fully saturated rings. The largest absolute Gasteiger partial charge is 0.297 e. The maximum Gasteiger partial charge on any atom is 0.111 e. The molecule has 0 bridgehead atoms. The second kappa shape index (κ2) is 11.0. The van der Waals surface area contributed by atoms with Crippen molar-refractivity contribution in [1.82, 2.24) is 9.55 Å². The zero-order valence-electron chi connectivity index (χ0n) is 31.5. The Morgan fingerprint density at radius 3 is 2.06 bits per heavy atom. The highest BCUT2D eigenvalue weighted by Crippen LogP contribution is 2.48. The van der Waals surface area contributed by atoms with Gasteiger partial charge in [-0.05, 0) is 104 Å². The minimum atomic E-state index is -0.401. The third-order valence-electron chi connectivity index (χ3n) is 9.63. The minimum Gasteiger partial charge on any atom is -0.297 e. The summed E-state index contributed by atoms with van der Waals surface area (Å²) in [6.45, 7) is 2.03. The third-order valence-corrected chi connectivity index (χ3v) is 10.8. The minimum absolute atomic E-state index is 0.190. The zero-order chi connectivity index (χ0) is 36.8. The molecule has 0 radical (unpaired) electrons. The van der Waals surface area contributed by atoms with Gasteiger partial charge in [-0.1, -0.05) is 121 Å². The lowest BCUT2D eigenvalue weighted by Crippen LogP contribution is -1.97. The maximum atomic E-state index is 8.85. The Balaban J connectivity index is 1.30. The number of fused-ring (bicyclic) bond motifs is 6. The van der Waals surface area contributed by atoms with Crippen LogP contribution in [0.1, 0.15) is 12.7 Å². The summed E-state index contributed by atoms with van der Waals surface area (Å²) in [5.74, 6) is 0.916. The molecule has 0 aliphatic carbocycles. The number of aromatic nitrogens is 2. The van der Waals surface area contributed by atoms with E-state index >= 15 is 0 Å². The number of rotatable bonds is 4. The third kappa shape index (κ3) is 4.36. The molecule has 0 aliphatic rings. The molecule has 0 atom stereocenters. The Morgan fingerprint density at radius 1 is 0.551 bits per heavy atom. The fourth-order valence-electron chi connectivity index (χ4n) is 7.56. The first-order valence-electron chi connectivity index (χ1n) is 18.8. The second-order valence-corrected chi connectivity index (χ2v) is 13.4. The standard InChI is InChI=1S/C46H30N2S/c1-29-47-40-18-8-9-19-41(40)48(29)33-25-22-31(23-26-33)44-34-14-5-6-15-35(34)45(39-28-32(24-27-36(39)44)30-12-3-2-4-13-30)38-17-11-21-43-46(38)37-16-7-10-20-42(37)49-43/h2-28H,1H3/i2D,3D,4D,12D,13D. The van der Waals surface area contributed by atoms with Gasteiger partial charge in [-0.3, -0.25) is 4.57 Å². The highest BCUT2D eigenvalue weighted by Gasteiger charge is 2.20. The van der Waals surface area contributed by atoms with Crippen molar-refractivity contribution in [3.8, 4) is 39.1 Å². The van der Waals surface area contributed by atoms with Gasteiger partial charge in [0.05, 0.1) is 17.9 Å². The number of para-hydroxylation sites is 2. The van der Waals surface area contributed by atoms with Crippen LogP contribution in [-0.4, -0.2) is 9.55 Å². The van der Waals surface area contributed by atoms with Crippen molar-refractivity contribution >= 4 is 64.1 Å². The van der Waals surface area contributed by atoms with Crippen molar-refractivity contribution in [3.05, 3.63) is 169 Å². The molecule has 2 aromatic heterocycles. The van der Waals surface area contributed by atoms with Crippen LogP contribution in [0.5, 0.6) is 0 Å². The van der Waals surface area contributed by atoms with Crippen molar-refractivity contribution in [3.63, 3.8) is 0 Å². The maximum absolute atomic E-state index is 8.85. The van der Waals surface area contributed by atoms with E-state index in [0.717, 1.165) is 66.3 Å². The molecular weight excluding hydrogens is 613 g/mol. The summed E-state index contributed by atoms with van der Waals surface area (Å²) >= 11 is 1.78. The van der Waals surface area contributed by atoms with Crippen LogP contribution in [0.4, 0.5) is 0 Å². The van der Waals surface area contributed by atoms with Crippen molar-refractivity contribution < 1.29 is 6.85 Å². The van der Waals surface area contributed by atoms with Crippen LogP contribution in [0.25, 0.3) is 91.8 Å². The Labute approximate surface area is 295 Å². The lowest BCUT2D eigenvalue weighted by molar-refractivity contribution is 1.00. The van der Waals surface area contributed by atoms with Crippen LogP contribution in [0.3, 0.4) is 0 Å². The molecule has 8 aromatic carbocycles. The number of hydrogen-bond donors (Lipinski definition) is 0. The van der Waals surface area contributed by atoms with E-state index in [1.54, 1.807) is 11.3 Å². The van der Waals surface area contributed by atoms with Crippen LogP contribution in [0.15, 0.2) is 164 Å². The smallest absolute Gasteiger partial charge is 0.111 e. The van der Waals surface area contributed by atoms with E-state index in [-0.39, 0.29) is 29.7 Å². The number of thiophene rings is 1. The topological polar surface area (TPSA) is 17.8 Å². The Hall–Kier alpha value is -6.03. The van der Waals surface area contributed by atoms with E-state index in [1.165, 1.54) is 20.2 Å². The van der Waals surface area contributed by atoms with E-state index in [2.05, 4.69) is 108 Å². The average Bonchev–Trinajstić information content (AvgIpc) is 3.75. The van der Waals surface area contributed by atoms with Crippen molar-refractivity contribution in [2.75, 3.05) is 0 Å². The molecule has 2 nitrogen and oxygen atoms in total. The van der Waals surface area contributed by atoms with Crippen LogP contribution < -0.4 is 0 Å². The molecule has 10 rings (SSSR count). The highest BCUT2D eigenvalue weighted by molar-refractivity contribution is 7.25. The first-order valence-corrected chi connectivity index (χ1v) is 17.1. The molecule has 49 heavy (non-hydrogen) atoms. The molecule has 0 N–H and O–H groups in total. The van der Waals surface area contributed by atoms with Gasteiger partial charge in [0.1, 0.15) is 5.82 Å².